The molecular weight excluding hydrogens is 418 g/mol. The van der Waals surface area contributed by atoms with Crippen LogP contribution in [0.25, 0.3) is 0 Å². The lowest BCUT2D eigenvalue weighted by Gasteiger charge is -2.18. The Morgan fingerprint density at radius 3 is 2.57 bits per heavy atom. The fourth-order valence-electron chi connectivity index (χ4n) is 2.68. The van der Waals surface area contributed by atoms with Crippen molar-refractivity contribution in [1.29, 1.82) is 5.26 Å². The Balaban J connectivity index is 2.15. The number of ether oxygens (including phenoxy) is 1. The molecule has 0 aliphatic heterocycles. The molecular formula is C22H24BrN3O2. The van der Waals surface area contributed by atoms with Gasteiger partial charge >= 0.3 is 0 Å². The number of hydrogen-bond donors (Lipinski definition) is 2. The van der Waals surface area contributed by atoms with E-state index in [0.29, 0.717) is 6.61 Å². The van der Waals surface area contributed by atoms with Crippen molar-refractivity contribution in [1.82, 2.24) is 5.32 Å². The van der Waals surface area contributed by atoms with Crippen LogP contribution in [0.3, 0.4) is 0 Å². The molecule has 1 atom stereocenters. The Morgan fingerprint density at radius 1 is 1.25 bits per heavy atom. The summed E-state index contributed by atoms with van der Waals surface area (Å²) in [6, 6.07) is 13.3. The SMILES string of the molecule is CCOc1ccc(C)cc1C(C)NC(=O)/C(C#N)=C\Nc1ccc(C)cc1Br. The Labute approximate surface area is 174 Å². The second-order valence-electron chi connectivity index (χ2n) is 6.47. The molecule has 2 aromatic carbocycles. The summed E-state index contributed by atoms with van der Waals surface area (Å²) in [4.78, 5) is 12.6. The highest BCUT2D eigenvalue weighted by atomic mass is 79.9. The fourth-order valence-corrected chi connectivity index (χ4v) is 3.29. The number of rotatable bonds is 7. The zero-order valence-electron chi connectivity index (χ0n) is 16.5. The maximum atomic E-state index is 12.6. The molecule has 6 heteroatoms. The lowest BCUT2D eigenvalue weighted by Crippen LogP contribution is -2.28. The molecule has 1 unspecified atom stereocenters. The number of nitriles is 1. The molecule has 2 aromatic rings. The number of hydrogen-bond acceptors (Lipinski definition) is 4. The molecule has 0 bridgehead atoms. The van der Waals surface area contributed by atoms with Gasteiger partial charge in [0.05, 0.1) is 18.3 Å². The van der Waals surface area contributed by atoms with E-state index in [4.69, 9.17) is 4.74 Å². The Kier molecular flexibility index (Phi) is 7.65. The van der Waals surface area contributed by atoms with Gasteiger partial charge in [-0.15, -0.1) is 0 Å². The van der Waals surface area contributed by atoms with Crippen LogP contribution in [0.5, 0.6) is 5.75 Å². The van der Waals surface area contributed by atoms with Gasteiger partial charge in [0.2, 0.25) is 0 Å². The normalized spacial score (nSPS) is 12.1. The van der Waals surface area contributed by atoms with Gasteiger partial charge < -0.3 is 15.4 Å². The molecule has 0 aliphatic carbocycles. The van der Waals surface area contributed by atoms with Crippen LogP contribution >= 0.6 is 15.9 Å². The third-order valence-corrected chi connectivity index (χ3v) is 4.80. The molecule has 0 spiro atoms. The minimum atomic E-state index is -0.449. The highest BCUT2D eigenvalue weighted by molar-refractivity contribution is 9.10. The van der Waals surface area contributed by atoms with Gasteiger partial charge in [0.15, 0.2) is 0 Å². The lowest BCUT2D eigenvalue weighted by molar-refractivity contribution is -0.117. The van der Waals surface area contributed by atoms with E-state index in [-0.39, 0.29) is 11.6 Å². The topological polar surface area (TPSA) is 74.1 Å². The number of nitrogens with one attached hydrogen (secondary N) is 2. The van der Waals surface area contributed by atoms with Crippen LogP contribution in [0.2, 0.25) is 0 Å². The van der Waals surface area contributed by atoms with E-state index < -0.39 is 5.91 Å². The molecule has 0 saturated carbocycles. The predicted molar refractivity (Wildman–Crippen MR) is 115 cm³/mol. The molecule has 0 radical (unpaired) electrons. The Bertz CT molecular complexity index is 932. The van der Waals surface area contributed by atoms with Crippen molar-refractivity contribution >= 4 is 27.5 Å². The van der Waals surface area contributed by atoms with Gasteiger partial charge in [0, 0.05) is 16.2 Å². The molecule has 2 rings (SSSR count). The predicted octanol–water partition coefficient (Wildman–Crippen LogP) is 5.16. The van der Waals surface area contributed by atoms with Gasteiger partial charge in [-0.25, -0.2) is 0 Å². The zero-order chi connectivity index (χ0) is 20.7. The lowest BCUT2D eigenvalue weighted by atomic mass is 10.0. The molecule has 28 heavy (non-hydrogen) atoms. The molecule has 0 heterocycles. The van der Waals surface area contributed by atoms with E-state index in [0.717, 1.165) is 32.6 Å². The van der Waals surface area contributed by atoms with Crippen molar-refractivity contribution in [3.63, 3.8) is 0 Å². The monoisotopic (exact) mass is 441 g/mol. The maximum Gasteiger partial charge on any atom is 0.263 e. The van der Waals surface area contributed by atoms with Crippen LogP contribution in [0.4, 0.5) is 5.69 Å². The van der Waals surface area contributed by atoms with Crippen LogP contribution in [0.15, 0.2) is 52.6 Å². The summed E-state index contributed by atoms with van der Waals surface area (Å²) in [5.41, 5.74) is 3.82. The van der Waals surface area contributed by atoms with Crippen LogP contribution in [-0.2, 0) is 4.79 Å². The molecule has 0 saturated heterocycles. The summed E-state index contributed by atoms with van der Waals surface area (Å²) in [6.07, 6.45) is 1.41. The smallest absolute Gasteiger partial charge is 0.263 e. The van der Waals surface area contributed by atoms with Gasteiger partial charge in [-0.3, -0.25) is 4.79 Å². The summed E-state index contributed by atoms with van der Waals surface area (Å²) in [6.45, 7) is 8.29. The first kappa shape index (κ1) is 21.5. The van der Waals surface area contributed by atoms with E-state index in [1.165, 1.54) is 6.20 Å². The average molecular weight is 442 g/mol. The summed E-state index contributed by atoms with van der Waals surface area (Å²) >= 11 is 3.47. The summed E-state index contributed by atoms with van der Waals surface area (Å²) in [5, 5.41) is 15.3. The van der Waals surface area contributed by atoms with Crippen LogP contribution in [0, 0.1) is 25.2 Å². The first-order chi connectivity index (χ1) is 13.3. The molecule has 0 aromatic heterocycles. The molecule has 1 amide bonds. The van der Waals surface area contributed by atoms with Crippen molar-refractivity contribution < 1.29 is 9.53 Å². The van der Waals surface area contributed by atoms with E-state index in [2.05, 4.69) is 26.6 Å². The van der Waals surface area contributed by atoms with Gasteiger partial charge in [-0.1, -0.05) is 23.8 Å². The van der Waals surface area contributed by atoms with Gasteiger partial charge in [0.1, 0.15) is 17.4 Å². The number of halogens is 1. The van der Waals surface area contributed by atoms with Crippen molar-refractivity contribution in [2.24, 2.45) is 0 Å². The summed E-state index contributed by atoms with van der Waals surface area (Å²) in [7, 11) is 0. The van der Waals surface area contributed by atoms with Crippen molar-refractivity contribution in [2.45, 2.75) is 33.7 Å². The third kappa shape index (κ3) is 5.61. The number of benzene rings is 2. The van der Waals surface area contributed by atoms with Crippen molar-refractivity contribution in [3.05, 3.63) is 69.3 Å². The second kappa shape index (κ2) is 9.95. The van der Waals surface area contributed by atoms with Crippen LogP contribution in [-0.4, -0.2) is 12.5 Å². The number of anilines is 1. The van der Waals surface area contributed by atoms with Crippen molar-refractivity contribution in [3.8, 4) is 11.8 Å². The fraction of sp³-hybridized carbons (Fsp3) is 0.273. The second-order valence-corrected chi connectivity index (χ2v) is 7.32. The van der Waals surface area contributed by atoms with Crippen LogP contribution < -0.4 is 15.4 Å². The van der Waals surface area contributed by atoms with E-state index in [1.54, 1.807) is 0 Å². The molecule has 0 fully saturated rings. The van der Waals surface area contributed by atoms with Crippen LogP contribution in [0.1, 0.15) is 36.6 Å². The number of aryl methyl sites for hydroxylation is 2. The number of nitrogens with zero attached hydrogens (tertiary/aromatic N) is 1. The number of carbonyl (C=O) groups excluding carboxylic acids is 1. The molecule has 5 nitrogen and oxygen atoms in total. The van der Waals surface area contributed by atoms with Gasteiger partial charge in [-0.05, 0) is 67.4 Å². The zero-order valence-corrected chi connectivity index (χ0v) is 18.1. The maximum absolute atomic E-state index is 12.6. The standard InChI is InChI=1S/C22H24BrN3O2/c1-5-28-21-9-7-14(2)10-18(21)16(4)26-22(27)17(12-24)13-25-20-8-6-15(3)11-19(20)23/h6-11,13,16,25H,5H2,1-4H3,(H,26,27)/b17-13-. The number of carbonyl (C=O) groups is 1. The summed E-state index contributed by atoms with van der Waals surface area (Å²) in [5.74, 6) is 0.278. The van der Waals surface area contributed by atoms with E-state index >= 15 is 0 Å². The minimum absolute atomic E-state index is 0.00932. The molecule has 2 N–H and O–H groups in total. The largest absolute Gasteiger partial charge is 0.494 e. The average Bonchev–Trinajstić information content (AvgIpc) is 2.65. The van der Waals surface area contributed by atoms with E-state index in [1.807, 2.05) is 70.2 Å². The summed E-state index contributed by atoms with van der Waals surface area (Å²) < 4.78 is 6.52. The Hall–Kier alpha value is -2.78. The molecule has 146 valence electrons. The molecule has 0 aliphatic rings. The highest BCUT2D eigenvalue weighted by Crippen LogP contribution is 2.27. The first-order valence-corrected chi connectivity index (χ1v) is 9.82. The first-order valence-electron chi connectivity index (χ1n) is 9.02. The minimum Gasteiger partial charge on any atom is -0.494 e. The number of amides is 1. The van der Waals surface area contributed by atoms with E-state index in [9.17, 15) is 10.1 Å². The highest BCUT2D eigenvalue weighted by Gasteiger charge is 2.17. The van der Waals surface area contributed by atoms with Gasteiger partial charge in [-0.2, -0.15) is 5.26 Å². The quantitative estimate of drug-likeness (QED) is 0.459. The Morgan fingerprint density at radius 2 is 1.93 bits per heavy atom. The van der Waals surface area contributed by atoms with Crippen molar-refractivity contribution in [2.75, 3.05) is 11.9 Å². The third-order valence-electron chi connectivity index (χ3n) is 4.14. The van der Waals surface area contributed by atoms with Gasteiger partial charge in [0.25, 0.3) is 5.91 Å².